The highest BCUT2D eigenvalue weighted by molar-refractivity contribution is 5.78. The summed E-state index contributed by atoms with van der Waals surface area (Å²) >= 11 is 0. The minimum atomic E-state index is -0.0272. The summed E-state index contributed by atoms with van der Waals surface area (Å²) in [5.74, 6) is 0.553. The van der Waals surface area contributed by atoms with Crippen LogP contribution in [0.3, 0.4) is 0 Å². The summed E-state index contributed by atoms with van der Waals surface area (Å²) in [6.45, 7) is 4.13. The number of benzene rings is 1. The summed E-state index contributed by atoms with van der Waals surface area (Å²) in [6.07, 6.45) is 1.50. The van der Waals surface area contributed by atoms with Crippen molar-refractivity contribution >= 4 is 11.8 Å². The van der Waals surface area contributed by atoms with Gasteiger partial charge in [0.2, 0.25) is 11.8 Å². The highest BCUT2D eigenvalue weighted by Crippen LogP contribution is 2.22. The molecule has 1 atom stereocenters. The molecule has 1 aromatic rings. The number of methoxy groups -OCH3 is 1. The van der Waals surface area contributed by atoms with Crippen molar-refractivity contribution in [2.45, 2.75) is 26.3 Å². The lowest BCUT2D eigenvalue weighted by molar-refractivity contribution is -0.128. The Labute approximate surface area is 131 Å². The summed E-state index contributed by atoms with van der Waals surface area (Å²) in [4.78, 5) is 24.8. The number of carbonyl (C=O) groups excluding carboxylic acids is 2. The molecular formula is C17H24N2O3. The Morgan fingerprint density at radius 2 is 2.18 bits per heavy atom. The zero-order valence-corrected chi connectivity index (χ0v) is 13.3. The monoisotopic (exact) mass is 304 g/mol. The summed E-state index contributed by atoms with van der Waals surface area (Å²) in [5, 5.41) is 2.80. The molecule has 0 saturated carbocycles. The molecule has 22 heavy (non-hydrogen) atoms. The molecule has 2 rings (SSSR count). The minimum absolute atomic E-state index is 0.0272. The SMILES string of the molecule is COCCN1C[C@H](Cc2cccc(CNC(C)=O)c2)CC1=O. The van der Waals surface area contributed by atoms with Crippen LogP contribution in [0.1, 0.15) is 24.5 Å². The maximum absolute atomic E-state index is 11.9. The number of carbonyl (C=O) groups is 2. The quantitative estimate of drug-likeness (QED) is 0.827. The Kier molecular flexibility index (Phi) is 5.95. The fourth-order valence-electron chi connectivity index (χ4n) is 2.83. The second-order valence-corrected chi connectivity index (χ2v) is 5.84. The molecule has 120 valence electrons. The van der Waals surface area contributed by atoms with Crippen LogP contribution < -0.4 is 5.32 Å². The van der Waals surface area contributed by atoms with Crippen LogP contribution in [-0.4, -0.2) is 43.5 Å². The van der Waals surface area contributed by atoms with Crippen LogP contribution in [0, 0.1) is 5.92 Å². The molecule has 1 fully saturated rings. The summed E-state index contributed by atoms with van der Waals surface area (Å²) in [5.41, 5.74) is 2.31. The zero-order chi connectivity index (χ0) is 15.9. The van der Waals surface area contributed by atoms with Gasteiger partial charge in [0, 0.05) is 40.1 Å². The largest absolute Gasteiger partial charge is 0.383 e. The molecule has 0 radical (unpaired) electrons. The van der Waals surface area contributed by atoms with E-state index in [4.69, 9.17) is 4.74 Å². The average Bonchev–Trinajstić information content (AvgIpc) is 2.83. The minimum Gasteiger partial charge on any atom is -0.383 e. The predicted molar refractivity (Wildman–Crippen MR) is 84.2 cm³/mol. The fraction of sp³-hybridized carbons (Fsp3) is 0.529. The summed E-state index contributed by atoms with van der Waals surface area (Å²) in [6, 6.07) is 8.20. The molecule has 0 spiro atoms. The van der Waals surface area contributed by atoms with Crippen molar-refractivity contribution in [3.8, 4) is 0 Å². The Hall–Kier alpha value is -1.88. The van der Waals surface area contributed by atoms with Crippen LogP contribution in [0.4, 0.5) is 0 Å². The first-order valence-electron chi connectivity index (χ1n) is 7.67. The molecule has 2 amide bonds. The van der Waals surface area contributed by atoms with Gasteiger partial charge in [0.1, 0.15) is 0 Å². The molecule has 0 bridgehead atoms. The van der Waals surface area contributed by atoms with E-state index in [1.807, 2.05) is 17.0 Å². The van der Waals surface area contributed by atoms with E-state index in [1.165, 1.54) is 12.5 Å². The van der Waals surface area contributed by atoms with Crippen LogP contribution in [0.2, 0.25) is 0 Å². The molecule has 5 heteroatoms. The van der Waals surface area contributed by atoms with E-state index in [-0.39, 0.29) is 11.8 Å². The van der Waals surface area contributed by atoms with Crippen molar-refractivity contribution in [3.63, 3.8) is 0 Å². The smallest absolute Gasteiger partial charge is 0.223 e. The highest BCUT2D eigenvalue weighted by Gasteiger charge is 2.29. The number of rotatable bonds is 7. The van der Waals surface area contributed by atoms with Gasteiger partial charge in [-0.1, -0.05) is 24.3 Å². The number of amides is 2. The van der Waals surface area contributed by atoms with Gasteiger partial charge in [0.15, 0.2) is 0 Å². The number of hydrogen-bond donors (Lipinski definition) is 1. The predicted octanol–water partition coefficient (Wildman–Crippen LogP) is 1.36. The van der Waals surface area contributed by atoms with Crippen LogP contribution in [0.15, 0.2) is 24.3 Å². The van der Waals surface area contributed by atoms with Gasteiger partial charge < -0.3 is 15.0 Å². The van der Waals surface area contributed by atoms with Crippen molar-refractivity contribution in [1.29, 1.82) is 0 Å². The topological polar surface area (TPSA) is 58.6 Å². The molecule has 1 heterocycles. The Balaban J connectivity index is 1.89. The zero-order valence-electron chi connectivity index (χ0n) is 13.3. The van der Waals surface area contributed by atoms with Gasteiger partial charge in [-0.25, -0.2) is 0 Å². The van der Waals surface area contributed by atoms with Gasteiger partial charge >= 0.3 is 0 Å². The van der Waals surface area contributed by atoms with Gasteiger partial charge in [-0.3, -0.25) is 9.59 Å². The van der Waals surface area contributed by atoms with Crippen LogP contribution >= 0.6 is 0 Å². The molecule has 1 N–H and O–H groups in total. The summed E-state index contributed by atoms with van der Waals surface area (Å²) in [7, 11) is 1.65. The lowest BCUT2D eigenvalue weighted by Gasteiger charge is -2.16. The molecule has 1 aromatic carbocycles. The van der Waals surface area contributed by atoms with Crippen molar-refractivity contribution in [1.82, 2.24) is 10.2 Å². The number of ether oxygens (including phenoxy) is 1. The number of likely N-dealkylation sites (tertiary alicyclic amines) is 1. The van der Waals surface area contributed by atoms with Gasteiger partial charge in [0.05, 0.1) is 6.61 Å². The third-order valence-electron chi connectivity index (χ3n) is 3.92. The number of hydrogen-bond acceptors (Lipinski definition) is 3. The maximum atomic E-state index is 11.9. The molecule has 1 saturated heterocycles. The lowest BCUT2D eigenvalue weighted by atomic mass is 9.97. The molecule has 0 aliphatic carbocycles. The van der Waals surface area contributed by atoms with Crippen molar-refractivity contribution in [3.05, 3.63) is 35.4 Å². The fourth-order valence-corrected chi connectivity index (χ4v) is 2.83. The van der Waals surface area contributed by atoms with Crippen LogP contribution in [0.25, 0.3) is 0 Å². The van der Waals surface area contributed by atoms with Gasteiger partial charge in [-0.15, -0.1) is 0 Å². The van der Waals surface area contributed by atoms with Crippen molar-refractivity contribution in [2.75, 3.05) is 26.8 Å². The standard InChI is InChI=1S/C17H24N2O3/c1-13(20)18-11-15-5-3-4-14(8-15)9-16-10-17(21)19(12-16)6-7-22-2/h3-5,8,16H,6-7,9-12H2,1-2H3,(H,18,20)/t16-/m1/s1. The van der Waals surface area contributed by atoms with Gasteiger partial charge in [-0.2, -0.15) is 0 Å². The summed E-state index contributed by atoms with van der Waals surface area (Å²) < 4.78 is 5.04. The second kappa shape index (κ2) is 7.94. The van der Waals surface area contributed by atoms with Crippen LogP contribution in [0.5, 0.6) is 0 Å². The first-order chi connectivity index (χ1) is 10.6. The van der Waals surface area contributed by atoms with E-state index in [2.05, 4.69) is 17.4 Å². The van der Waals surface area contributed by atoms with Crippen molar-refractivity contribution < 1.29 is 14.3 Å². The van der Waals surface area contributed by atoms with E-state index < -0.39 is 0 Å². The second-order valence-electron chi connectivity index (χ2n) is 5.84. The molecule has 1 aliphatic rings. The van der Waals surface area contributed by atoms with Crippen molar-refractivity contribution in [2.24, 2.45) is 5.92 Å². The van der Waals surface area contributed by atoms with E-state index in [0.29, 0.717) is 32.0 Å². The van der Waals surface area contributed by atoms with E-state index >= 15 is 0 Å². The van der Waals surface area contributed by atoms with Crippen LogP contribution in [-0.2, 0) is 27.3 Å². The third kappa shape index (κ3) is 4.84. The molecule has 1 aliphatic heterocycles. The highest BCUT2D eigenvalue weighted by atomic mass is 16.5. The Morgan fingerprint density at radius 3 is 2.91 bits per heavy atom. The van der Waals surface area contributed by atoms with E-state index in [0.717, 1.165) is 18.5 Å². The number of nitrogens with one attached hydrogen (secondary N) is 1. The Morgan fingerprint density at radius 1 is 1.41 bits per heavy atom. The maximum Gasteiger partial charge on any atom is 0.223 e. The molecule has 5 nitrogen and oxygen atoms in total. The lowest BCUT2D eigenvalue weighted by Crippen LogP contribution is -2.28. The average molecular weight is 304 g/mol. The van der Waals surface area contributed by atoms with Gasteiger partial charge in [-0.05, 0) is 23.5 Å². The number of nitrogens with zero attached hydrogens (tertiary/aromatic N) is 1. The third-order valence-corrected chi connectivity index (χ3v) is 3.92. The molecular weight excluding hydrogens is 280 g/mol. The Bertz CT molecular complexity index is 530. The van der Waals surface area contributed by atoms with Gasteiger partial charge in [0.25, 0.3) is 0 Å². The first kappa shape index (κ1) is 16.5. The van der Waals surface area contributed by atoms with E-state index in [1.54, 1.807) is 7.11 Å². The molecule has 0 unspecified atom stereocenters. The molecule has 0 aromatic heterocycles. The van der Waals surface area contributed by atoms with E-state index in [9.17, 15) is 9.59 Å². The normalized spacial score (nSPS) is 17.8. The first-order valence-corrected chi connectivity index (χ1v) is 7.67.